The third-order valence-corrected chi connectivity index (χ3v) is 11.1. The monoisotopic (exact) mass is 794 g/mol. The molecule has 0 radical (unpaired) electrons. The van der Waals surface area contributed by atoms with Crippen LogP contribution in [0, 0.1) is 5.41 Å². The van der Waals surface area contributed by atoms with Gasteiger partial charge in [0.2, 0.25) is 0 Å². The number of hydrogen-bond acceptors (Lipinski definition) is 20. The number of nitrogens with zero attached hydrogens (tertiary/aromatic N) is 6. The number of aromatic nitrogens is 6. The predicted molar refractivity (Wildman–Crippen MR) is 174 cm³/mol. The highest BCUT2D eigenvalue weighted by Crippen LogP contribution is 2.56. The molecule has 9 N–H and O–H groups in total. The predicted octanol–water partition coefficient (Wildman–Crippen LogP) is -2.91. The second kappa shape index (κ2) is 15.5. The van der Waals surface area contributed by atoms with Crippen LogP contribution in [0.1, 0.15) is 46.6 Å². The van der Waals surface area contributed by atoms with Crippen molar-refractivity contribution in [2.75, 3.05) is 18.9 Å². The zero-order valence-corrected chi connectivity index (χ0v) is 29.8. The molecule has 25 heteroatoms. The minimum atomic E-state index is -5.76. The van der Waals surface area contributed by atoms with Gasteiger partial charge in [-0.3, -0.25) is 28.9 Å². The van der Waals surface area contributed by atoms with Crippen LogP contribution in [0.25, 0.3) is 11.2 Å². The van der Waals surface area contributed by atoms with Gasteiger partial charge < -0.3 is 60.2 Å². The van der Waals surface area contributed by atoms with Gasteiger partial charge in [-0.2, -0.15) is 4.57 Å². The summed E-state index contributed by atoms with van der Waals surface area (Å²) >= 11 is 0. The van der Waals surface area contributed by atoms with Crippen LogP contribution in [0.5, 0.6) is 0 Å². The number of pyridine rings is 2. The Labute approximate surface area is 304 Å². The number of carbonyl (C=O) groups excluding carboxylic acids is 1. The van der Waals surface area contributed by atoms with Gasteiger partial charge in [0.15, 0.2) is 36.2 Å². The number of phosphoric ester groups is 2. The average molecular weight is 795 g/mol. The van der Waals surface area contributed by atoms with E-state index in [9.17, 15) is 44.1 Å². The maximum atomic E-state index is 12.5. The number of aliphatic hydroxyl groups excluding tert-OH is 4. The lowest BCUT2D eigenvalue weighted by Gasteiger charge is -2.31. The number of anilines is 1. The van der Waals surface area contributed by atoms with Crippen molar-refractivity contribution in [3.63, 3.8) is 0 Å². The molecule has 54 heavy (non-hydrogen) atoms. The molecule has 0 saturated carbocycles. The van der Waals surface area contributed by atoms with Gasteiger partial charge in [-0.15, -0.1) is 0 Å². The summed E-state index contributed by atoms with van der Waals surface area (Å²) in [7, 11) is -11.5. The van der Waals surface area contributed by atoms with E-state index in [0.29, 0.717) is 17.7 Å². The Morgan fingerprint density at radius 2 is 1.65 bits per heavy atom. The summed E-state index contributed by atoms with van der Waals surface area (Å²) in [5.41, 5.74) is 12.8. The topological polar surface area (TPSA) is 361 Å². The van der Waals surface area contributed by atoms with Gasteiger partial charge in [-0.25, -0.2) is 19.3 Å². The lowest BCUT2D eigenvalue weighted by atomic mass is 9.98. The number of phosphoric acid groups is 2. The van der Waals surface area contributed by atoms with E-state index in [1.807, 2.05) is 6.92 Å². The van der Waals surface area contributed by atoms with Gasteiger partial charge in [-0.05, 0) is 18.6 Å². The fraction of sp³-hybridized carbons (Fsp3) is 0.414. The first-order valence-electron chi connectivity index (χ1n) is 16.0. The first-order valence-corrected chi connectivity index (χ1v) is 18.9. The van der Waals surface area contributed by atoms with Crippen LogP contribution >= 0.6 is 15.6 Å². The van der Waals surface area contributed by atoms with E-state index in [1.54, 1.807) is 12.1 Å². The number of carbonyl (C=O) groups is 1. The van der Waals surface area contributed by atoms with E-state index in [2.05, 4.69) is 33.3 Å². The fourth-order valence-corrected chi connectivity index (χ4v) is 7.85. The van der Waals surface area contributed by atoms with Crippen LogP contribution < -0.4 is 25.8 Å². The highest BCUT2D eigenvalue weighted by Gasteiger charge is 2.49. The third-order valence-electron chi connectivity index (χ3n) is 8.61. The molecule has 10 atom stereocenters. The van der Waals surface area contributed by atoms with Crippen molar-refractivity contribution in [2.45, 2.75) is 62.4 Å². The number of aryl methyl sites for hydroxylation is 1. The van der Waals surface area contributed by atoms with Crippen LogP contribution in [-0.4, -0.2) is 106 Å². The molecule has 6 rings (SSSR count). The van der Waals surface area contributed by atoms with Gasteiger partial charge in [0.1, 0.15) is 47.9 Å². The van der Waals surface area contributed by atoms with Crippen LogP contribution in [-0.2, 0) is 38.4 Å². The summed E-state index contributed by atoms with van der Waals surface area (Å²) < 4.78 is 51.8. The third kappa shape index (κ3) is 8.09. The van der Waals surface area contributed by atoms with E-state index < -0.39 is 83.8 Å². The lowest BCUT2D eigenvalue weighted by Crippen LogP contribution is -2.47. The number of rotatable bonds is 14. The molecule has 0 spiro atoms. The number of primary amides is 1. The van der Waals surface area contributed by atoms with E-state index in [1.165, 1.54) is 40.1 Å². The Morgan fingerprint density at radius 1 is 0.981 bits per heavy atom. The second-order valence-corrected chi connectivity index (χ2v) is 15.0. The maximum Gasteiger partial charge on any atom is 0.292 e. The van der Waals surface area contributed by atoms with E-state index >= 15 is 0 Å². The van der Waals surface area contributed by atoms with Gasteiger partial charge in [-0.1, -0.05) is 6.92 Å². The average Bonchev–Trinajstić information content (AvgIpc) is 3.78. The molecule has 290 valence electrons. The molecule has 0 aliphatic carbocycles. The Kier molecular flexibility index (Phi) is 11.3. The largest absolute Gasteiger partial charge is 0.756 e. The number of nitrogen functional groups attached to an aromatic ring is 1. The fourth-order valence-electron chi connectivity index (χ4n) is 5.83. The van der Waals surface area contributed by atoms with Crippen LogP contribution in [0.2, 0.25) is 0 Å². The molecule has 2 aliphatic rings. The van der Waals surface area contributed by atoms with Crippen molar-refractivity contribution in [1.29, 1.82) is 5.41 Å². The molecule has 1 amide bonds. The zero-order valence-electron chi connectivity index (χ0n) is 28.0. The molecule has 4 aromatic heterocycles. The summed E-state index contributed by atoms with van der Waals surface area (Å²) in [5, 5.41) is 51.0. The second-order valence-electron chi connectivity index (χ2n) is 12.1. The highest BCUT2D eigenvalue weighted by molar-refractivity contribution is 7.59. The Bertz CT molecular complexity index is 2160. The quantitative estimate of drug-likeness (QED) is 0.0382. The van der Waals surface area contributed by atoms with Crippen LogP contribution in [0.15, 0.2) is 49.4 Å². The van der Waals surface area contributed by atoms with Crippen LogP contribution in [0.3, 0.4) is 0 Å². The van der Waals surface area contributed by atoms with Crippen molar-refractivity contribution in [2.24, 2.45) is 5.73 Å². The number of amides is 1. The number of aliphatic hydroxyl groups is 4. The van der Waals surface area contributed by atoms with Gasteiger partial charge >= 0.3 is 0 Å². The number of ether oxygens (including phenoxy) is 2. The van der Waals surface area contributed by atoms with Gasteiger partial charge in [0, 0.05) is 29.1 Å². The highest BCUT2D eigenvalue weighted by atomic mass is 31.3. The molecule has 0 bridgehead atoms. The molecule has 0 aromatic carbocycles. The Hall–Kier alpha value is -4.19. The van der Waals surface area contributed by atoms with Crippen molar-refractivity contribution in [3.05, 3.63) is 71.8 Å². The smallest absolute Gasteiger partial charge is 0.292 e. The summed E-state index contributed by atoms with van der Waals surface area (Å²) in [6.45, 7) is -0.171. The molecule has 2 fully saturated rings. The lowest BCUT2D eigenvalue weighted by molar-refractivity contribution is -0.765. The first kappa shape index (κ1) is 39.5. The SMILES string of the molecule is CCc1cc(C(=N)c2cc[n+]([C@@H]3O[C@H](COP(=O)([O-])OP(=O)([O-])OC[C@H]4O[C@@H](n5cnc6c(N)ncnc65)[C@H](O)[C@@H]4O)[C@@H](O)[C@H]3O)cc2C(N)=O)ccn1. The Morgan fingerprint density at radius 3 is 2.31 bits per heavy atom. The normalized spacial score (nSPS) is 27.8. The molecule has 2 aliphatic heterocycles. The number of nitrogens with two attached hydrogens (primary N) is 2. The van der Waals surface area contributed by atoms with Crippen molar-refractivity contribution in [3.8, 4) is 0 Å². The number of hydrogen-bond donors (Lipinski definition) is 7. The molecule has 6 heterocycles. The molecule has 2 saturated heterocycles. The molecule has 23 nitrogen and oxygen atoms in total. The summed E-state index contributed by atoms with van der Waals surface area (Å²) in [4.78, 5) is 53.4. The van der Waals surface area contributed by atoms with E-state index in [4.69, 9.17) is 26.4 Å². The summed E-state index contributed by atoms with van der Waals surface area (Å²) in [6, 6.07) is 4.64. The zero-order chi connectivity index (χ0) is 39.1. The molecule has 4 aromatic rings. The summed E-state index contributed by atoms with van der Waals surface area (Å²) in [5.74, 6) is -0.896. The van der Waals surface area contributed by atoms with E-state index in [0.717, 1.165) is 6.33 Å². The van der Waals surface area contributed by atoms with Crippen molar-refractivity contribution >= 4 is 44.2 Å². The summed E-state index contributed by atoms with van der Waals surface area (Å²) in [6.07, 6.45) is -5.75. The Balaban J connectivity index is 1.06. The molecular formula is C29H34N9O14P2-. The number of nitrogens with one attached hydrogen (secondary N) is 1. The van der Waals surface area contributed by atoms with Gasteiger partial charge in [0.25, 0.3) is 27.8 Å². The van der Waals surface area contributed by atoms with Gasteiger partial charge in [0.05, 0.1) is 25.3 Å². The van der Waals surface area contributed by atoms with E-state index in [-0.39, 0.29) is 33.8 Å². The standard InChI is InChI=1S/C29H35N9O14P2/c1-2-14-7-13(3-5-33-14)19(30)15-4-6-37(8-16(15)26(32)43)28-23(41)21(39)17(50-28)9-48-53(44,45)52-54(46,47)49-10-18-22(40)24(42)29(51-18)38-12-36-20-25(31)34-11-35-27(20)38/h3-8,11-12,17-18,21-24,28-30,39-42H,2,9-10H2,1H3,(H5-,31,32,34,35,43,44,45,46,47)/p-1/t17-,18-,21-,22-,23-,24-,28-,29-/m1/s1. The maximum absolute atomic E-state index is 12.5. The number of fused-ring (bicyclic) bond motifs is 1. The van der Waals surface area contributed by atoms with Crippen molar-refractivity contribution in [1.82, 2.24) is 24.5 Å². The number of imidazole rings is 1. The molecule has 2 unspecified atom stereocenters. The van der Waals surface area contributed by atoms with Crippen LogP contribution in [0.4, 0.5) is 5.82 Å². The minimum Gasteiger partial charge on any atom is -0.756 e. The molecular weight excluding hydrogens is 760 g/mol. The van der Waals surface area contributed by atoms with Crippen molar-refractivity contribution < 1.29 is 71.5 Å². The minimum absolute atomic E-state index is 0.0269. The first-order chi connectivity index (χ1) is 25.5.